The van der Waals surface area contributed by atoms with Crippen LogP contribution in [0.1, 0.15) is 16.7 Å². The molecular weight excluding hydrogens is 654 g/mol. The van der Waals surface area contributed by atoms with Gasteiger partial charge in [-0.2, -0.15) is 4.31 Å². The minimum absolute atomic E-state index is 0.121. The van der Waals surface area contributed by atoms with Crippen LogP contribution in [-0.4, -0.2) is 75.5 Å². The van der Waals surface area contributed by atoms with E-state index in [-0.39, 0.29) is 50.0 Å². The maximum Gasteiger partial charge on any atom is 0.261 e. The molecule has 0 saturated carbocycles. The van der Waals surface area contributed by atoms with E-state index in [1.54, 1.807) is 19.2 Å². The summed E-state index contributed by atoms with van der Waals surface area (Å²) in [5.41, 5.74) is 2.45. The number of rotatable bonds is 14. The molecule has 4 aromatic carbocycles. The van der Waals surface area contributed by atoms with Gasteiger partial charge < -0.3 is 24.4 Å². The lowest BCUT2D eigenvalue weighted by molar-refractivity contribution is -0.142. The largest absolute Gasteiger partial charge is 0.496 e. The van der Waals surface area contributed by atoms with Crippen molar-refractivity contribution in [3.05, 3.63) is 125 Å². The first kappa shape index (κ1) is 34.9. The van der Waals surface area contributed by atoms with E-state index >= 15 is 0 Å². The zero-order valence-electron chi connectivity index (χ0n) is 26.6. The van der Waals surface area contributed by atoms with Crippen molar-refractivity contribution >= 4 is 33.4 Å². The summed E-state index contributed by atoms with van der Waals surface area (Å²) in [6.45, 7) is 1.21. The topological polar surface area (TPSA) is 114 Å². The molecule has 0 aromatic heterocycles. The first-order chi connectivity index (χ1) is 23.2. The Labute approximate surface area is 286 Å². The standard InChI is InChI=1S/C36H38ClN3O7S/c1-45-34-10-6-5-9-29(34)24-38-36(42)33(23-27-7-3-2-4-8-27)40(25-28-11-13-30(37)14-12-28)35(41)26-47-31-15-17-32(18-16-31)48(43,44)39-19-21-46-22-20-39/h2-18,33H,19-26H2,1H3,(H,38,42)/t33-/m0/s1. The highest BCUT2D eigenvalue weighted by Crippen LogP contribution is 2.22. The van der Waals surface area contributed by atoms with E-state index in [2.05, 4.69) is 5.32 Å². The maximum atomic E-state index is 14.0. The van der Waals surface area contributed by atoms with Gasteiger partial charge in [-0.25, -0.2) is 8.42 Å². The van der Waals surface area contributed by atoms with E-state index in [0.29, 0.717) is 29.7 Å². The summed E-state index contributed by atoms with van der Waals surface area (Å²) in [6, 6.07) is 29.0. The molecule has 1 N–H and O–H groups in total. The van der Waals surface area contributed by atoms with E-state index in [1.165, 1.54) is 33.5 Å². The van der Waals surface area contributed by atoms with Crippen molar-refractivity contribution in [2.45, 2.75) is 30.4 Å². The number of nitrogens with zero attached hydrogens (tertiary/aromatic N) is 2. The monoisotopic (exact) mass is 691 g/mol. The predicted molar refractivity (Wildman–Crippen MR) is 182 cm³/mol. The van der Waals surface area contributed by atoms with E-state index in [1.807, 2.05) is 66.7 Å². The molecule has 12 heteroatoms. The number of benzene rings is 4. The highest BCUT2D eigenvalue weighted by molar-refractivity contribution is 7.89. The summed E-state index contributed by atoms with van der Waals surface area (Å²) in [4.78, 5) is 29.6. The van der Waals surface area contributed by atoms with Crippen molar-refractivity contribution in [2.75, 3.05) is 40.0 Å². The third-order valence-electron chi connectivity index (χ3n) is 7.98. The SMILES string of the molecule is COc1ccccc1CNC(=O)[C@H](Cc1ccccc1)N(Cc1ccc(Cl)cc1)C(=O)COc1ccc(S(=O)(=O)N2CCOCC2)cc1. The van der Waals surface area contributed by atoms with Gasteiger partial charge in [0.15, 0.2) is 6.61 Å². The average Bonchev–Trinajstić information content (AvgIpc) is 3.13. The molecule has 10 nitrogen and oxygen atoms in total. The van der Waals surface area contributed by atoms with Gasteiger partial charge in [-0.15, -0.1) is 0 Å². The molecule has 0 bridgehead atoms. The Morgan fingerprint density at radius 3 is 2.25 bits per heavy atom. The Bertz CT molecular complexity index is 1770. The highest BCUT2D eigenvalue weighted by Gasteiger charge is 2.31. The van der Waals surface area contributed by atoms with Crippen molar-refractivity contribution in [3.8, 4) is 11.5 Å². The van der Waals surface area contributed by atoms with Crippen LogP contribution in [0.15, 0.2) is 108 Å². The predicted octanol–water partition coefficient (Wildman–Crippen LogP) is 4.70. The van der Waals surface area contributed by atoms with Gasteiger partial charge in [0.1, 0.15) is 17.5 Å². The molecule has 48 heavy (non-hydrogen) atoms. The lowest BCUT2D eigenvalue weighted by Gasteiger charge is -2.31. The fraction of sp³-hybridized carbons (Fsp3) is 0.278. The fourth-order valence-electron chi connectivity index (χ4n) is 5.36. The molecule has 2 amide bonds. The van der Waals surface area contributed by atoms with E-state index in [0.717, 1.165) is 16.7 Å². The van der Waals surface area contributed by atoms with Gasteiger partial charge in [-0.1, -0.05) is 72.3 Å². The van der Waals surface area contributed by atoms with Gasteiger partial charge >= 0.3 is 0 Å². The Hall–Kier alpha value is -4.42. The molecule has 5 rings (SSSR count). The smallest absolute Gasteiger partial charge is 0.261 e. The summed E-state index contributed by atoms with van der Waals surface area (Å²) in [5, 5.41) is 3.55. The molecule has 1 heterocycles. The highest BCUT2D eigenvalue weighted by atomic mass is 35.5. The second-order valence-electron chi connectivity index (χ2n) is 11.2. The Kier molecular flexibility index (Phi) is 12.1. The van der Waals surface area contributed by atoms with Crippen LogP contribution in [0, 0.1) is 0 Å². The number of amides is 2. The van der Waals surface area contributed by atoms with Crippen LogP contribution in [0.25, 0.3) is 0 Å². The summed E-state index contributed by atoms with van der Waals surface area (Å²) < 4.78 is 44.1. The number of sulfonamides is 1. The zero-order chi connectivity index (χ0) is 33.9. The lowest BCUT2D eigenvalue weighted by Crippen LogP contribution is -2.51. The lowest BCUT2D eigenvalue weighted by atomic mass is 10.0. The van der Waals surface area contributed by atoms with Gasteiger partial charge in [0.2, 0.25) is 15.9 Å². The van der Waals surface area contributed by atoms with Crippen molar-refractivity contribution in [2.24, 2.45) is 0 Å². The van der Waals surface area contributed by atoms with E-state index < -0.39 is 22.0 Å². The number of halogens is 1. The Balaban J connectivity index is 1.37. The molecule has 0 unspecified atom stereocenters. The first-order valence-corrected chi connectivity index (χ1v) is 17.3. The van der Waals surface area contributed by atoms with Crippen molar-refractivity contribution in [1.82, 2.24) is 14.5 Å². The number of hydrogen-bond donors (Lipinski definition) is 1. The minimum atomic E-state index is -3.68. The van der Waals surface area contributed by atoms with Crippen molar-refractivity contribution in [3.63, 3.8) is 0 Å². The van der Waals surface area contributed by atoms with Gasteiger partial charge in [-0.3, -0.25) is 9.59 Å². The van der Waals surface area contributed by atoms with E-state index in [4.69, 9.17) is 25.8 Å². The van der Waals surface area contributed by atoms with Crippen molar-refractivity contribution in [1.29, 1.82) is 0 Å². The molecular formula is C36H38ClN3O7S. The molecule has 0 aliphatic carbocycles. The number of methoxy groups -OCH3 is 1. The number of morpholine rings is 1. The molecule has 0 spiro atoms. The Morgan fingerprint density at radius 2 is 1.56 bits per heavy atom. The van der Waals surface area contributed by atoms with Gasteiger partial charge in [0, 0.05) is 43.2 Å². The van der Waals surface area contributed by atoms with Crippen LogP contribution in [0.4, 0.5) is 0 Å². The number of carbonyl (C=O) groups excluding carboxylic acids is 2. The first-order valence-electron chi connectivity index (χ1n) is 15.5. The van der Waals surface area contributed by atoms with Crippen LogP contribution >= 0.6 is 11.6 Å². The number of hydrogen-bond acceptors (Lipinski definition) is 7. The normalized spacial score (nSPS) is 14.1. The maximum absolute atomic E-state index is 14.0. The van der Waals surface area contributed by atoms with Crippen LogP contribution in [0.2, 0.25) is 5.02 Å². The summed E-state index contributed by atoms with van der Waals surface area (Å²) in [7, 11) is -2.11. The molecule has 1 saturated heterocycles. The summed E-state index contributed by atoms with van der Waals surface area (Å²) in [5.74, 6) is 0.188. The minimum Gasteiger partial charge on any atom is -0.496 e. The van der Waals surface area contributed by atoms with E-state index in [9.17, 15) is 18.0 Å². The van der Waals surface area contributed by atoms with Crippen LogP contribution in [0.5, 0.6) is 11.5 Å². The second kappa shape index (κ2) is 16.6. The third-order valence-corrected chi connectivity index (χ3v) is 10.1. The number of nitrogens with one attached hydrogen (secondary N) is 1. The number of ether oxygens (including phenoxy) is 3. The van der Waals surface area contributed by atoms with Crippen LogP contribution < -0.4 is 14.8 Å². The third kappa shape index (κ3) is 9.13. The number of para-hydroxylation sites is 1. The van der Waals surface area contributed by atoms with Gasteiger partial charge in [-0.05, 0) is 53.6 Å². The molecule has 1 aliphatic heterocycles. The zero-order valence-corrected chi connectivity index (χ0v) is 28.2. The van der Waals surface area contributed by atoms with Gasteiger partial charge in [0.25, 0.3) is 5.91 Å². The van der Waals surface area contributed by atoms with Crippen molar-refractivity contribution < 1.29 is 32.2 Å². The molecule has 4 aromatic rings. The molecule has 1 aliphatic rings. The molecule has 1 fully saturated rings. The Morgan fingerprint density at radius 1 is 0.896 bits per heavy atom. The van der Waals surface area contributed by atoms with Gasteiger partial charge in [0.05, 0.1) is 25.2 Å². The van der Waals surface area contributed by atoms with Crippen LogP contribution in [-0.2, 0) is 43.9 Å². The fourth-order valence-corrected chi connectivity index (χ4v) is 6.90. The quantitative estimate of drug-likeness (QED) is 0.204. The van der Waals surface area contributed by atoms with Crippen LogP contribution in [0.3, 0.4) is 0 Å². The average molecular weight is 692 g/mol. The molecule has 252 valence electrons. The second-order valence-corrected chi connectivity index (χ2v) is 13.5. The number of carbonyl (C=O) groups is 2. The molecule has 1 atom stereocenters. The summed E-state index contributed by atoms with van der Waals surface area (Å²) in [6.07, 6.45) is 0.256. The summed E-state index contributed by atoms with van der Waals surface area (Å²) >= 11 is 6.14. The molecule has 0 radical (unpaired) electrons.